The molecule has 2 nitrogen and oxygen atoms in total. The zero-order valence-electron chi connectivity index (χ0n) is 8.75. The van der Waals surface area contributed by atoms with Crippen molar-refractivity contribution in [3.8, 4) is 0 Å². The molecule has 1 unspecified atom stereocenters. The third kappa shape index (κ3) is 7.44. The van der Waals surface area contributed by atoms with Gasteiger partial charge in [-0.05, 0) is 12.3 Å². The van der Waals surface area contributed by atoms with Crippen molar-refractivity contribution in [3.63, 3.8) is 0 Å². The smallest absolute Gasteiger partial charge is 0.106 e. The standard InChI is InChI=1S/C11H21NO/c1-4-10(2)6-5-7-11(3)13-9-8-12/h8-10H,3-7,12H2,1-2H3/b9-8-. The van der Waals surface area contributed by atoms with Crippen LogP contribution in [0.5, 0.6) is 0 Å². The highest BCUT2D eigenvalue weighted by atomic mass is 16.5. The Balaban J connectivity index is 3.36. The zero-order chi connectivity index (χ0) is 10.1. The van der Waals surface area contributed by atoms with Crippen molar-refractivity contribution >= 4 is 0 Å². The summed E-state index contributed by atoms with van der Waals surface area (Å²) in [6.45, 7) is 8.27. The van der Waals surface area contributed by atoms with Gasteiger partial charge in [0.2, 0.25) is 0 Å². The number of hydrogen-bond donors (Lipinski definition) is 1. The minimum absolute atomic E-state index is 0.796. The minimum atomic E-state index is 0.796. The van der Waals surface area contributed by atoms with Crippen LogP contribution in [0.4, 0.5) is 0 Å². The molecule has 2 heteroatoms. The highest BCUT2D eigenvalue weighted by Gasteiger charge is 1.99. The molecule has 0 amide bonds. The fraction of sp³-hybridized carbons (Fsp3) is 0.636. The average molecular weight is 183 g/mol. The largest absolute Gasteiger partial charge is 0.468 e. The fourth-order valence-electron chi connectivity index (χ4n) is 1.05. The molecule has 0 fully saturated rings. The lowest BCUT2D eigenvalue weighted by Crippen LogP contribution is -1.93. The third-order valence-electron chi connectivity index (χ3n) is 2.16. The van der Waals surface area contributed by atoms with E-state index in [0.717, 1.165) is 24.5 Å². The summed E-state index contributed by atoms with van der Waals surface area (Å²) in [7, 11) is 0. The Bertz CT molecular complexity index is 163. The van der Waals surface area contributed by atoms with Crippen LogP contribution in [0.1, 0.15) is 39.5 Å². The summed E-state index contributed by atoms with van der Waals surface area (Å²) >= 11 is 0. The van der Waals surface area contributed by atoms with Crippen LogP contribution in [0.3, 0.4) is 0 Å². The van der Waals surface area contributed by atoms with Gasteiger partial charge in [-0.25, -0.2) is 0 Å². The molecule has 0 saturated carbocycles. The van der Waals surface area contributed by atoms with E-state index in [1.165, 1.54) is 25.3 Å². The Hall–Kier alpha value is -0.920. The van der Waals surface area contributed by atoms with E-state index < -0.39 is 0 Å². The predicted molar refractivity (Wildman–Crippen MR) is 56.9 cm³/mol. The van der Waals surface area contributed by atoms with Gasteiger partial charge < -0.3 is 10.5 Å². The molecule has 0 saturated heterocycles. The highest BCUT2D eigenvalue weighted by molar-refractivity contribution is 4.85. The molecule has 0 aliphatic rings. The number of hydrogen-bond acceptors (Lipinski definition) is 2. The molecule has 0 aliphatic carbocycles. The maximum Gasteiger partial charge on any atom is 0.106 e. The van der Waals surface area contributed by atoms with Gasteiger partial charge >= 0.3 is 0 Å². The first-order valence-electron chi connectivity index (χ1n) is 4.91. The molecule has 76 valence electrons. The van der Waals surface area contributed by atoms with Gasteiger partial charge in [0.25, 0.3) is 0 Å². The van der Waals surface area contributed by atoms with Crippen LogP contribution in [-0.2, 0) is 4.74 Å². The number of allylic oxidation sites excluding steroid dienone is 1. The summed E-state index contributed by atoms with van der Waals surface area (Å²) in [6, 6.07) is 0. The summed E-state index contributed by atoms with van der Waals surface area (Å²) in [4.78, 5) is 0. The molecule has 2 N–H and O–H groups in total. The quantitative estimate of drug-likeness (QED) is 0.615. The van der Waals surface area contributed by atoms with E-state index in [-0.39, 0.29) is 0 Å². The first-order valence-corrected chi connectivity index (χ1v) is 4.91. The molecule has 0 rings (SSSR count). The molecule has 0 heterocycles. The third-order valence-corrected chi connectivity index (χ3v) is 2.16. The summed E-state index contributed by atoms with van der Waals surface area (Å²) in [5, 5.41) is 0. The Morgan fingerprint density at radius 3 is 2.85 bits per heavy atom. The second-order valence-corrected chi connectivity index (χ2v) is 3.39. The Kier molecular flexibility index (Phi) is 7.17. The van der Waals surface area contributed by atoms with E-state index in [9.17, 15) is 0 Å². The van der Waals surface area contributed by atoms with Gasteiger partial charge in [-0.15, -0.1) is 0 Å². The lowest BCUT2D eigenvalue weighted by molar-refractivity contribution is 0.325. The van der Waals surface area contributed by atoms with Crippen LogP contribution in [0.15, 0.2) is 24.8 Å². The van der Waals surface area contributed by atoms with Gasteiger partial charge in [0.1, 0.15) is 6.26 Å². The van der Waals surface area contributed by atoms with E-state index in [1.807, 2.05) is 0 Å². The molecule has 0 radical (unpaired) electrons. The first kappa shape index (κ1) is 12.1. The summed E-state index contributed by atoms with van der Waals surface area (Å²) in [5.74, 6) is 1.60. The van der Waals surface area contributed by atoms with Crippen LogP contribution in [0.2, 0.25) is 0 Å². The topological polar surface area (TPSA) is 35.2 Å². The molecule has 0 aromatic heterocycles. The molecule has 0 aliphatic heterocycles. The van der Waals surface area contributed by atoms with E-state index in [4.69, 9.17) is 10.5 Å². The van der Waals surface area contributed by atoms with Gasteiger partial charge in [-0.1, -0.05) is 33.3 Å². The maximum atomic E-state index is 5.13. The van der Waals surface area contributed by atoms with Gasteiger partial charge in [-0.2, -0.15) is 0 Å². The van der Waals surface area contributed by atoms with Crippen LogP contribution >= 0.6 is 0 Å². The number of rotatable bonds is 7. The molecular formula is C11H21NO. The summed E-state index contributed by atoms with van der Waals surface area (Å²) in [5.41, 5.74) is 5.13. The van der Waals surface area contributed by atoms with E-state index in [2.05, 4.69) is 20.4 Å². The van der Waals surface area contributed by atoms with Crippen molar-refractivity contribution in [2.24, 2.45) is 11.7 Å². The monoisotopic (exact) mass is 183 g/mol. The summed E-state index contributed by atoms with van der Waals surface area (Å²) in [6.07, 6.45) is 7.40. The van der Waals surface area contributed by atoms with E-state index >= 15 is 0 Å². The summed E-state index contributed by atoms with van der Waals surface area (Å²) < 4.78 is 5.11. The molecular weight excluding hydrogens is 162 g/mol. The molecule has 0 aromatic carbocycles. The van der Waals surface area contributed by atoms with Gasteiger partial charge in [0, 0.05) is 12.6 Å². The molecule has 0 aromatic rings. The predicted octanol–water partition coefficient (Wildman–Crippen LogP) is 3.16. The van der Waals surface area contributed by atoms with Crippen LogP contribution < -0.4 is 5.73 Å². The number of nitrogens with two attached hydrogens (primary N) is 1. The molecule has 1 atom stereocenters. The first-order chi connectivity index (χ1) is 6.20. The Labute approximate surface area is 81.5 Å². The van der Waals surface area contributed by atoms with Crippen molar-refractivity contribution in [2.45, 2.75) is 39.5 Å². The minimum Gasteiger partial charge on any atom is -0.468 e. The van der Waals surface area contributed by atoms with Crippen molar-refractivity contribution in [1.82, 2.24) is 0 Å². The number of ether oxygens (including phenoxy) is 1. The zero-order valence-corrected chi connectivity index (χ0v) is 8.75. The van der Waals surface area contributed by atoms with Gasteiger partial charge in [-0.3, -0.25) is 0 Å². The van der Waals surface area contributed by atoms with Gasteiger partial charge in [0.15, 0.2) is 0 Å². The lowest BCUT2D eigenvalue weighted by atomic mass is 10.0. The van der Waals surface area contributed by atoms with E-state index in [0.29, 0.717) is 0 Å². The van der Waals surface area contributed by atoms with Gasteiger partial charge in [0.05, 0.1) is 5.76 Å². The Morgan fingerprint density at radius 1 is 1.62 bits per heavy atom. The molecule has 0 spiro atoms. The average Bonchev–Trinajstić information content (AvgIpc) is 2.14. The SMILES string of the molecule is C=C(CCCC(C)CC)O/C=C\N. The Morgan fingerprint density at radius 2 is 2.31 bits per heavy atom. The van der Waals surface area contributed by atoms with Crippen molar-refractivity contribution < 1.29 is 4.74 Å². The fourth-order valence-corrected chi connectivity index (χ4v) is 1.05. The second kappa shape index (κ2) is 7.71. The second-order valence-electron chi connectivity index (χ2n) is 3.39. The maximum absolute atomic E-state index is 5.13. The normalized spacial score (nSPS) is 13.1. The van der Waals surface area contributed by atoms with Crippen LogP contribution in [0, 0.1) is 5.92 Å². The lowest BCUT2D eigenvalue weighted by Gasteiger charge is -2.08. The van der Waals surface area contributed by atoms with Crippen LogP contribution in [-0.4, -0.2) is 0 Å². The molecule has 0 bridgehead atoms. The van der Waals surface area contributed by atoms with E-state index in [1.54, 1.807) is 0 Å². The van der Waals surface area contributed by atoms with Crippen molar-refractivity contribution in [2.75, 3.05) is 0 Å². The van der Waals surface area contributed by atoms with Crippen molar-refractivity contribution in [1.29, 1.82) is 0 Å². The molecule has 13 heavy (non-hydrogen) atoms. The van der Waals surface area contributed by atoms with Crippen molar-refractivity contribution in [3.05, 3.63) is 24.8 Å². The highest BCUT2D eigenvalue weighted by Crippen LogP contribution is 2.14. The van der Waals surface area contributed by atoms with Crippen LogP contribution in [0.25, 0.3) is 0 Å².